The zero-order valence-electron chi connectivity index (χ0n) is 16.7. The molecule has 0 saturated heterocycles. The summed E-state index contributed by atoms with van der Waals surface area (Å²) in [5.41, 5.74) is 4.80. The van der Waals surface area contributed by atoms with Crippen molar-refractivity contribution in [2.75, 3.05) is 10.6 Å². The summed E-state index contributed by atoms with van der Waals surface area (Å²) in [6.07, 6.45) is 3.03. The van der Waals surface area contributed by atoms with E-state index in [2.05, 4.69) is 26.5 Å². The third kappa shape index (κ3) is 6.86. The zero-order chi connectivity index (χ0) is 22.1. The highest BCUT2D eigenvalue weighted by atomic mass is 16.3. The van der Waals surface area contributed by atoms with Crippen LogP contribution in [-0.2, 0) is 11.3 Å². The highest BCUT2D eigenvalue weighted by molar-refractivity contribution is 5.96. The van der Waals surface area contributed by atoms with Crippen LogP contribution in [0, 0.1) is 0 Å². The Morgan fingerprint density at radius 1 is 0.935 bits per heavy atom. The van der Waals surface area contributed by atoms with Crippen LogP contribution in [0.2, 0.25) is 0 Å². The van der Waals surface area contributed by atoms with Gasteiger partial charge in [-0.2, -0.15) is 5.10 Å². The lowest BCUT2D eigenvalue weighted by atomic mass is 10.2. The molecule has 0 aliphatic carbocycles. The van der Waals surface area contributed by atoms with E-state index in [1.165, 1.54) is 19.4 Å². The normalized spacial score (nSPS) is 10.5. The first-order chi connectivity index (χ1) is 15.0. The standard InChI is InChI=1S/C22H21N5O4/c1-15(28)25-18-8-4-16(5-9-18)13-24-27-21(29)17-6-10-19(11-7-17)26-22(30)23-14-20-3-2-12-31-20/h2-13H,14H2,1H3,(H,25,28)(H,27,29)(H2,23,26,30)/b24-13+. The van der Waals surface area contributed by atoms with Crippen molar-refractivity contribution < 1.29 is 18.8 Å². The second-order valence-electron chi connectivity index (χ2n) is 6.47. The summed E-state index contributed by atoms with van der Waals surface area (Å²) in [7, 11) is 0. The first kappa shape index (κ1) is 21.3. The Bertz CT molecular complexity index is 1060. The van der Waals surface area contributed by atoms with Crippen molar-refractivity contribution in [1.29, 1.82) is 0 Å². The van der Waals surface area contributed by atoms with Gasteiger partial charge in [0, 0.05) is 23.9 Å². The number of benzene rings is 2. The smallest absolute Gasteiger partial charge is 0.319 e. The number of anilines is 2. The van der Waals surface area contributed by atoms with E-state index in [0.717, 1.165) is 5.56 Å². The molecular formula is C22H21N5O4. The Kier molecular flexibility index (Phi) is 7.15. The van der Waals surface area contributed by atoms with E-state index in [0.29, 0.717) is 22.7 Å². The van der Waals surface area contributed by atoms with E-state index >= 15 is 0 Å². The van der Waals surface area contributed by atoms with Gasteiger partial charge in [-0.05, 0) is 54.1 Å². The quantitative estimate of drug-likeness (QED) is 0.346. The Balaban J connectivity index is 1.46. The number of hydrazone groups is 1. The molecule has 31 heavy (non-hydrogen) atoms. The van der Waals surface area contributed by atoms with Gasteiger partial charge in [0.1, 0.15) is 5.76 Å². The van der Waals surface area contributed by atoms with Gasteiger partial charge in [-0.25, -0.2) is 10.2 Å². The monoisotopic (exact) mass is 419 g/mol. The summed E-state index contributed by atoms with van der Waals surface area (Å²) in [5, 5.41) is 11.9. The number of nitrogens with zero attached hydrogens (tertiary/aromatic N) is 1. The molecule has 158 valence electrons. The third-order valence-electron chi connectivity index (χ3n) is 4.02. The molecule has 0 spiro atoms. The highest BCUT2D eigenvalue weighted by Gasteiger charge is 2.06. The molecule has 0 radical (unpaired) electrons. The third-order valence-corrected chi connectivity index (χ3v) is 4.02. The van der Waals surface area contributed by atoms with Gasteiger partial charge in [-0.3, -0.25) is 9.59 Å². The fourth-order valence-electron chi connectivity index (χ4n) is 2.55. The molecule has 3 rings (SSSR count). The summed E-state index contributed by atoms with van der Waals surface area (Å²) in [5.74, 6) is 0.107. The molecular weight excluding hydrogens is 398 g/mol. The Morgan fingerprint density at radius 2 is 1.61 bits per heavy atom. The maximum Gasteiger partial charge on any atom is 0.319 e. The number of rotatable bonds is 7. The van der Waals surface area contributed by atoms with Crippen LogP contribution in [0.3, 0.4) is 0 Å². The van der Waals surface area contributed by atoms with Crippen LogP contribution in [0.5, 0.6) is 0 Å². The van der Waals surface area contributed by atoms with Crippen LogP contribution in [0.1, 0.15) is 28.6 Å². The first-order valence-electron chi connectivity index (χ1n) is 9.38. The van der Waals surface area contributed by atoms with Crippen molar-refractivity contribution in [2.45, 2.75) is 13.5 Å². The van der Waals surface area contributed by atoms with Crippen LogP contribution >= 0.6 is 0 Å². The van der Waals surface area contributed by atoms with E-state index in [9.17, 15) is 14.4 Å². The molecule has 0 aliphatic rings. The van der Waals surface area contributed by atoms with E-state index in [4.69, 9.17) is 4.42 Å². The number of furan rings is 1. The number of hydrogen-bond acceptors (Lipinski definition) is 5. The fourth-order valence-corrected chi connectivity index (χ4v) is 2.55. The molecule has 0 bridgehead atoms. The lowest BCUT2D eigenvalue weighted by Gasteiger charge is -2.07. The average molecular weight is 419 g/mol. The predicted octanol–water partition coefficient (Wildman–Crippen LogP) is 3.32. The minimum atomic E-state index is -0.389. The van der Waals surface area contributed by atoms with E-state index in [1.807, 2.05) is 0 Å². The number of urea groups is 1. The molecule has 3 aromatic rings. The summed E-state index contributed by atoms with van der Waals surface area (Å²) in [6.45, 7) is 1.71. The molecule has 0 fully saturated rings. The second kappa shape index (κ2) is 10.4. The van der Waals surface area contributed by atoms with Crippen LogP contribution in [0.25, 0.3) is 0 Å². The summed E-state index contributed by atoms with van der Waals surface area (Å²) in [6, 6.07) is 16.5. The maximum atomic E-state index is 12.2. The van der Waals surface area contributed by atoms with Crippen LogP contribution < -0.4 is 21.4 Å². The topological polar surface area (TPSA) is 125 Å². The molecule has 0 unspecified atom stereocenters. The lowest BCUT2D eigenvalue weighted by Crippen LogP contribution is -2.28. The van der Waals surface area contributed by atoms with Gasteiger partial charge in [-0.15, -0.1) is 0 Å². The van der Waals surface area contributed by atoms with Gasteiger partial charge in [0.05, 0.1) is 19.0 Å². The number of carbonyl (C=O) groups is 3. The molecule has 9 nitrogen and oxygen atoms in total. The van der Waals surface area contributed by atoms with Crippen LogP contribution in [0.15, 0.2) is 76.4 Å². The fraction of sp³-hybridized carbons (Fsp3) is 0.0909. The lowest BCUT2D eigenvalue weighted by molar-refractivity contribution is -0.114. The summed E-state index contributed by atoms with van der Waals surface area (Å²) in [4.78, 5) is 35.1. The van der Waals surface area contributed by atoms with Crippen molar-refractivity contribution in [3.8, 4) is 0 Å². The minimum Gasteiger partial charge on any atom is -0.467 e. The van der Waals surface area contributed by atoms with E-state index in [1.54, 1.807) is 60.7 Å². The van der Waals surface area contributed by atoms with Gasteiger partial charge in [0.15, 0.2) is 0 Å². The molecule has 0 atom stereocenters. The van der Waals surface area contributed by atoms with Crippen LogP contribution in [-0.4, -0.2) is 24.1 Å². The van der Waals surface area contributed by atoms with Gasteiger partial charge >= 0.3 is 6.03 Å². The number of carbonyl (C=O) groups excluding carboxylic acids is 3. The first-order valence-corrected chi connectivity index (χ1v) is 9.38. The molecule has 0 aliphatic heterocycles. The largest absolute Gasteiger partial charge is 0.467 e. The van der Waals surface area contributed by atoms with Gasteiger partial charge in [0.2, 0.25) is 5.91 Å². The number of nitrogens with one attached hydrogen (secondary N) is 4. The molecule has 2 aromatic carbocycles. The van der Waals surface area contributed by atoms with Gasteiger partial charge in [0.25, 0.3) is 5.91 Å². The Morgan fingerprint density at radius 3 is 2.26 bits per heavy atom. The second-order valence-corrected chi connectivity index (χ2v) is 6.47. The SMILES string of the molecule is CC(=O)Nc1ccc(/C=N/NC(=O)c2ccc(NC(=O)NCc3ccco3)cc2)cc1. The minimum absolute atomic E-state index is 0.149. The maximum absolute atomic E-state index is 12.2. The van der Waals surface area contributed by atoms with Crippen molar-refractivity contribution in [2.24, 2.45) is 5.10 Å². The summed E-state index contributed by atoms with van der Waals surface area (Å²) >= 11 is 0. The number of amides is 4. The molecule has 4 N–H and O–H groups in total. The Labute approximate surface area is 178 Å². The van der Waals surface area contributed by atoms with Crippen molar-refractivity contribution in [1.82, 2.24) is 10.7 Å². The van der Waals surface area contributed by atoms with E-state index in [-0.39, 0.29) is 24.4 Å². The molecule has 1 aromatic heterocycles. The van der Waals surface area contributed by atoms with Gasteiger partial charge < -0.3 is 20.4 Å². The number of hydrogen-bond donors (Lipinski definition) is 4. The predicted molar refractivity (Wildman–Crippen MR) is 117 cm³/mol. The van der Waals surface area contributed by atoms with Crippen molar-refractivity contribution >= 4 is 35.4 Å². The average Bonchev–Trinajstić information content (AvgIpc) is 3.27. The van der Waals surface area contributed by atoms with E-state index < -0.39 is 0 Å². The molecule has 9 heteroatoms. The molecule has 1 heterocycles. The van der Waals surface area contributed by atoms with Crippen molar-refractivity contribution in [3.63, 3.8) is 0 Å². The van der Waals surface area contributed by atoms with Crippen molar-refractivity contribution in [3.05, 3.63) is 83.8 Å². The van der Waals surface area contributed by atoms with Crippen LogP contribution in [0.4, 0.5) is 16.2 Å². The van der Waals surface area contributed by atoms with Gasteiger partial charge in [-0.1, -0.05) is 12.1 Å². The zero-order valence-corrected chi connectivity index (χ0v) is 16.7. The Hall–Kier alpha value is -4.40. The highest BCUT2D eigenvalue weighted by Crippen LogP contribution is 2.10. The molecule has 4 amide bonds. The molecule has 0 saturated carbocycles. The summed E-state index contributed by atoms with van der Waals surface area (Å²) < 4.78 is 5.14.